The van der Waals surface area contributed by atoms with Crippen molar-refractivity contribution in [1.82, 2.24) is 0 Å². The first-order chi connectivity index (χ1) is 6.66. The van der Waals surface area contributed by atoms with E-state index in [-0.39, 0.29) is 7.87 Å². The molecule has 0 saturated carbocycles. The summed E-state index contributed by atoms with van der Waals surface area (Å²) in [5.41, 5.74) is 12.6. The van der Waals surface area contributed by atoms with Gasteiger partial charge in [0.1, 0.15) is 0 Å². The van der Waals surface area contributed by atoms with Gasteiger partial charge >= 0.3 is 90.0 Å². The van der Waals surface area contributed by atoms with Crippen molar-refractivity contribution in [2.75, 3.05) is 0 Å². The summed E-state index contributed by atoms with van der Waals surface area (Å²) in [6.45, 7) is 0. The summed E-state index contributed by atoms with van der Waals surface area (Å²) in [7, 11) is 0. The molecule has 2 unspecified atom stereocenters. The topological polar surface area (TPSA) is 69.1 Å². The molecule has 0 aromatic carbocycles. The van der Waals surface area contributed by atoms with E-state index >= 15 is 0 Å². The van der Waals surface area contributed by atoms with Gasteiger partial charge in [-0.05, 0) is 0 Å². The Morgan fingerprint density at radius 2 is 1.43 bits per heavy atom. The van der Waals surface area contributed by atoms with E-state index in [9.17, 15) is 3.08 Å². The van der Waals surface area contributed by atoms with Crippen molar-refractivity contribution in [3.8, 4) is 0 Å². The molecule has 0 aromatic rings. The molecular formula is C10H12N2OSn. The van der Waals surface area contributed by atoms with E-state index in [1.165, 1.54) is 0 Å². The molecule has 2 aliphatic carbocycles. The number of hydrogen-bond donors (Lipinski definition) is 2. The van der Waals surface area contributed by atoms with Crippen LogP contribution in [0.1, 0.15) is 0 Å². The van der Waals surface area contributed by atoms with Crippen LogP contribution in [0.25, 0.3) is 0 Å². The maximum absolute atomic E-state index is 12.1. The molecule has 0 fully saturated rings. The molecular weight excluding hydrogens is 283 g/mol. The molecule has 0 aromatic heterocycles. The SMILES string of the molecule is NC1=C[CH]([Sn](=[O])[CH]2C=CC(N)=C2)C=C1. The Hall–Kier alpha value is -0.841. The molecule has 2 rings (SSSR count). The second kappa shape index (κ2) is 3.73. The molecule has 0 amide bonds. The summed E-state index contributed by atoms with van der Waals surface area (Å²) >= 11 is -2.70. The van der Waals surface area contributed by atoms with Crippen LogP contribution in [0.15, 0.2) is 47.9 Å². The van der Waals surface area contributed by atoms with Gasteiger partial charge < -0.3 is 0 Å². The first kappa shape index (κ1) is 9.70. The van der Waals surface area contributed by atoms with E-state index in [1.54, 1.807) is 0 Å². The van der Waals surface area contributed by atoms with Gasteiger partial charge in [0.2, 0.25) is 0 Å². The Morgan fingerprint density at radius 3 is 1.71 bits per heavy atom. The van der Waals surface area contributed by atoms with Gasteiger partial charge in [-0.3, -0.25) is 0 Å². The first-order valence-corrected chi connectivity index (χ1v) is 8.97. The van der Waals surface area contributed by atoms with Crippen molar-refractivity contribution in [2.45, 2.75) is 7.87 Å². The van der Waals surface area contributed by atoms with E-state index < -0.39 is 19.7 Å². The monoisotopic (exact) mass is 296 g/mol. The molecule has 0 heterocycles. The van der Waals surface area contributed by atoms with Gasteiger partial charge in [0.15, 0.2) is 0 Å². The summed E-state index contributed by atoms with van der Waals surface area (Å²) in [5.74, 6) is 0. The van der Waals surface area contributed by atoms with E-state index in [4.69, 9.17) is 11.5 Å². The van der Waals surface area contributed by atoms with E-state index in [0.717, 1.165) is 11.4 Å². The average molecular weight is 295 g/mol. The molecule has 72 valence electrons. The Balaban J connectivity index is 2.11. The quantitative estimate of drug-likeness (QED) is 0.746. The van der Waals surface area contributed by atoms with Gasteiger partial charge in [-0.1, -0.05) is 0 Å². The minimum absolute atomic E-state index is 0.0919. The van der Waals surface area contributed by atoms with Gasteiger partial charge in [-0.15, -0.1) is 0 Å². The van der Waals surface area contributed by atoms with Crippen molar-refractivity contribution in [3.05, 3.63) is 47.9 Å². The van der Waals surface area contributed by atoms with Crippen molar-refractivity contribution in [3.63, 3.8) is 0 Å². The van der Waals surface area contributed by atoms with Crippen molar-refractivity contribution in [2.24, 2.45) is 11.5 Å². The standard InChI is InChI=1S/2C5H6N.O.Sn/c2*6-5-3-1-2-4-5;;/h2*1-4H,6H2;;. The van der Waals surface area contributed by atoms with Gasteiger partial charge in [-0.25, -0.2) is 0 Å². The van der Waals surface area contributed by atoms with E-state index in [1.807, 2.05) is 36.5 Å². The molecule has 4 N–H and O–H groups in total. The molecule has 0 spiro atoms. The zero-order valence-corrected chi connectivity index (χ0v) is 10.5. The summed E-state index contributed by atoms with van der Waals surface area (Å²) < 4.78 is 12.3. The average Bonchev–Trinajstić information content (AvgIpc) is 2.73. The number of allylic oxidation sites excluding steroid dienone is 6. The van der Waals surface area contributed by atoms with Crippen LogP contribution >= 0.6 is 0 Å². The third kappa shape index (κ3) is 1.82. The van der Waals surface area contributed by atoms with Gasteiger partial charge in [0.25, 0.3) is 0 Å². The molecule has 2 aliphatic rings. The molecule has 0 bridgehead atoms. The van der Waals surface area contributed by atoms with Crippen molar-refractivity contribution < 1.29 is 3.08 Å². The fourth-order valence-corrected chi connectivity index (χ4v) is 6.58. The maximum atomic E-state index is 12.1. The zero-order valence-electron chi connectivity index (χ0n) is 7.68. The van der Waals surface area contributed by atoms with Gasteiger partial charge in [0.05, 0.1) is 0 Å². The van der Waals surface area contributed by atoms with Crippen molar-refractivity contribution in [1.29, 1.82) is 0 Å². The van der Waals surface area contributed by atoms with Crippen LogP contribution in [0.2, 0.25) is 7.87 Å². The molecule has 4 heteroatoms. The third-order valence-corrected chi connectivity index (χ3v) is 8.19. The number of rotatable bonds is 2. The van der Waals surface area contributed by atoms with Crippen molar-refractivity contribution >= 4 is 19.7 Å². The van der Waals surface area contributed by atoms with Crippen LogP contribution in [0, 0.1) is 0 Å². The zero-order chi connectivity index (χ0) is 10.1. The minimum atomic E-state index is -2.70. The van der Waals surface area contributed by atoms with E-state index in [2.05, 4.69) is 0 Å². The van der Waals surface area contributed by atoms with Gasteiger partial charge in [0, 0.05) is 0 Å². The fourth-order valence-electron chi connectivity index (χ4n) is 1.64. The second-order valence-corrected chi connectivity index (χ2v) is 9.61. The molecule has 0 radical (unpaired) electrons. The molecule has 3 nitrogen and oxygen atoms in total. The Morgan fingerprint density at radius 1 is 1.00 bits per heavy atom. The fraction of sp³-hybridized carbons (Fsp3) is 0.200. The van der Waals surface area contributed by atoms with E-state index in [0.29, 0.717) is 0 Å². The summed E-state index contributed by atoms with van der Waals surface area (Å²) in [6.07, 6.45) is 11.3. The second-order valence-electron chi connectivity index (χ2n) is 3.51. The Kier molecular flexibility index (Phi) is 2.58. The predicted octanol–water partition coefficient (Wildman–Crippen LogP) is 0.974. The van der Waals surface area contributed by atoms with Crippen LogP contribution < -0.4 is 11.5 Å². The Bertz CT molecular complexity index is 357. The van der Waals surface area contributed by atoms with Crippen LogP contribution in [0.5, 0.6) is 0 Å². The molecule has 14 heavy (non-hydrogen) atoms. The molecule has 0 aliphatic heterocycles. The van der Waals surface area contributed by atoms with Crippen LogP contribution in [0.4, 0.5) is 0 Å². The first-order valence-electron chi connectivity index (χ1n) is 4.51. The summed E-state index contributed by atoms with van der Waals surface area (Å²) in [6, 6.07) is 0. The molecule has 2 atom stereocenters. The summed E-state index contributed by atoms with van der Waals surface area (Å²) in [5, 5.41) is 0. The van der Waals surface area contributed by atoms with Gasteiger partial charge in [-0.2, -0.15) is 0 Å². The Labute approximate surface area is 90.0 Å². The number of nitrogens with two attached hydrogens (primary N) is 2. The van der Waals surface area contributed by atoms with Crippen LogP contribution in [-0.4, -0.2) is 19.7 Å². The normalized spacial score (nSPS) is 29.1. The summed E-state index contributed by atoms with van der Waals surface area (Å²) in [4.78, 5) is 0. The third-order valence-electron chi connectivity index (χ3n) is 2.39. The number of hydrogen-bond acceptors (Lipinski definition) is 3. The van der Waals surface area contributed by atoms with Crippen LogP contribution in [-0.2, 0) is 3.08 Å². The molecule has 0 saturated heterocycles. The van der Waals surface area contributed by atoms with Crippen LogP contribution in [0.3, 0.4) is 0 Å². The predicted molar refractivity (Wildman–Crippen MR) is 56.8 cm³/mol.